The minimum atomic E-state index is -3.26. The lowest BCUT2D eigenvalue weighted by Gasteiger charge is -2.24. The summed E-state index contributed by atoms with van der Waals surface area (Å²) in [7, 11) is -3.26. The first-order valence-corrected chi connectivity index (χ1v) is 13.2. The Hall–Kier alpha value is -0.830. The van der Waals surface area contributed by atoms with Crippen molar-refractivity contribution < 1.29 is 8.42 Å². The van der Waals surface area contributed by atoms with Crippen LogP contribution in [0.3, 0.4) is 0 Å². The highest BCUT2D eigenvalue weighted by atomic mass is 32.2. The lowest BCUT2D eigenvalue weighted by Crippen LogP contribution is -2.26. The summed E-state index contributed by atoms with van der Waals surface area (Å²) >= 11 is 0. The Labute approximate surface area is 175 Å². The van der Waals surface area contributed by atoms with E-state index >= 15 is 0 Å². The van der Waals surface area contributed by atoms with Gasteiger partial charge in [0, 0.05) is 0 Å². The van der Waals surface area contributed by atoms with Crippen molar-refractivity contribution in [3.8, 4) is 0 Å². The third-order valence-electron chi connectivity index (χ3n) is 5.94. The Morgan fingerprint density at radius 3 is 1.61 bits per heavy atom. The third-order valence-corrected chi connectivity index (χ3v) is 8.13. The van der Waals surface area contributed by atoms with Gasteiger partial charge in [-0.2, -0.15) is 0 Å². The molecule has 0 aromatic heterocycles. The van der Waals surface area contributed by atoms with Crippen molar-refractivity contribution in [2.45, 2.75) is 115 Å². The van der Waals surface area contributed by atoms with Crippen LogP contribution in [0.1, 0.15) is 105 Å². The fraction of sp³-hybridized carbons (Fsp3) is 0.760. The van der Waals surface area contributed by atoms with E-state index in [0.717, 1.165) is 25.7 Å². The van der Waals surface area contributed by atoms with Crippen molar-refractivity contribution in [1.82, 2.24) is 0 Å². The van der Waals surface area contributed by atoms with Crippen LogP contribution in [0.4, 0.5) is 0 Å². The Kier molecular flexibility index (Phi) is 12.8. The first-order chi connectivity index (χ1) is 13.4. The van der Waals surface area contributed by atoms with Gasteiger partial charge in [-0.3, -0.25) is 0 Å². The molecule has 0 amide bonds. The van der Waals surface area contributed by atoms with Crippen molar-refractivity contribution in [2.75, 3.05) is 0 Å². The van der Waals surface area contributed by atoms with E-state index in [9.17, 15) is 8.42 Å². The van der Waals surface area contributed by atoms with Crippen molar-refractivity contribution in [3.05, 3.63) is 30.3 Å². The van der Waals surface area contributed by atoms with Gasteiger partial charge < -0.3 is 0 Å². The number of hydrogen-bond acceptors (Lipinski definition) is 2. The molecule has 0 bridgehead atoms. The SMILES string of the molecule is CCCCCC[C@@H](C)CC(C[C@H](C)CCCCCC)S(=O)(=O)c1ccccc1. The predicted molar refractivity (Wildman–Crippen MR) is 122 cm³/mol. The fourth-order valence-electron chi connectivity index (χ4n) is 4.12. The lowest BCUT2D eigenvalue weighted by molar-refractivity contribution is 0.389. The first kappa shape index (κ1) is 25.2. The molecule has 0 fully saturated rings. The molecule has 0 saturated carbocycles. The zero-order valence-corrected chi connectivity index (χ0v) is 19.6. The standard InChI is InChI=1S/C25H44O2S/c1-5-7-9-12-16-22(3)20-25(21-23(4)17-13-10-8-6-2)28(26,27)24-18-14-11-15-19-24/h11,14-15,18-19,22-23,25H,5-10,12-13,16-17,20-21H2,1-4H3/t22-,23-/m1/s1. The van der Waals surface area contributed by atoms with Crippen LogP contribution in [0, 0.1) is 11.8 Å². The highest BCUT2D eigenvalue weighted by Gasteiger charge is 2.30. The van der Waals surface area contributed by atoms with Gasteiger partial charge in [0.1, 0.15) is 0 Å². The molecule has 0 saturated heterocycles. The molecule has 1 rings (SSSR count). The molecule has 0 heterocycles. The minimum Gasteiger partial charge on any atom is -0.223 e. The first-order valence-electron chi connectivity index (χ1n) is 11.7. The summed E-state index contributed by atoms with van der Waals surface area (Å²) in [6, 6.07) is 9.10. The van der Waals surface area contributed by atoms with E-state index in [1.54, 1.807) is 12.1 Å². The minimum absolute atomic E-state index is 0.253. The summed E-state index contributed by atoms with van der Waals surface area (Å²) in [5.41, 5.74) is 0. The molecule has 1 aromatic carbocycles. The van der Waals surface area contributed by atoms with Gasteiger partial charge in [0.15, 0.2) is 9.84 Å². The molecule has 0 aliphatic rings. The van der Waals surface area contributed by atoms with Gasteiger partial charge in [-0.1, -0.05) is 110 Å². The van der Waals surface area contributed by atoms with E-state index in [1.807, 2.05) is 18.2 Å². The third kappa shape index (κ3) is 9.58. The van der Waals surface area contributed by atoms with Gasteiger partial charge in [-0.25, -0.2) is 8.42 Å². The number of unbranched alkanes of at least 4 members (excludes halogenated alkanes) is 6. The average Bonchev–Trinajstić information content (AvgIpc) is 2.69. The Balaban J connectivity index is 2.76. The molecule has 0 N–H and O–H groups in total. The van der Waals surface area contributed by atoms with E-state index in [-0.39, 0.29) is 5.25 Å². The van der Waals surface area contributed by atoms with Gasteiger partial charge >= 0.3 is 0 Å². The molecule has 0 aliphatic heterocycles. The Bertz CT molecular complexity index is 574. The second kappa shape index (κ2) is 14.2. The smallest absolute Gasteiger partial charge is 0.181 e. The van der Waals surface area contributed by atoms with E-state index in [2.05, 4.69) is 27.7 Å². The number of benzene rings is 1. The van der Waals surface area contributed by atoms with Gasteiger partial charge in [0.2, 0.25) is 0 Å². The molecule has 0 radical (unpaired) electrons. The van der Waals surface area contributed by atoms with Crippen molar-refractivity contribution in [2.24, 2.45) is 11.8 Å². The predicted octanol–water partition coefficient (Wildman–Crippen LogP) is 7.82. The average molecular weight is 409 g/mol. The summed E-state index contributed by atoms with van der Waals surface area (Å²) in [6.07, 6.45) is 13.9. The molecule has 1 aromatic rings. The summed E-state index contributed by atoms with van der Waals surface area (Å²) < 4.78 is 26.7. The van der Waals surface area contributed by atoms with Gasteiger partial charge in [0.25, 0.3) is 0 Å². The normalized spacial score (nSPS) is 14.3. The van der Waals surface area contributed by atoms with Crippen LogP contribution < -0.4 is 0 Å². The topological polar surface area (TPSA) is 34.1 Å². The summed E-state index contributed by atoms with van der Waals surface area (Å²) in [5, 5.41) is -0.253. The highest BCUT2D eigenvalue weighted by Crippen LogP contribution is 2.30. The quantitative estimate of drug-likeness (QED) is 0.261. The summed E-state index contributed by atoms with van der Waals surface area (Å²) in [5.74, 6) is 0.931. The highest BCUT2D eigenvalue weighted by molar-refractivity contribution is 7.92. The summed E-state index contributed by atoms with van der Waals surface area (Å²) in [4.78, 5) is 0.497. The molecule has 0 aliphatic carbocycles. The molecule has 28 heavy (non-hydrogen) atoms. The molecule has 162 valence electrons. The second-order valence-electron chi connectivity index (χ2n) is 8.86. The van der Waals surface area contributed by atoms with Crippen LogP contribution in [-0.4, -0.2) is 13.7 Å². The molecular weight excluding hydrogens is 364 g/mol. The van der Waals surface area contributed by atoms with Crippen molar-refractivity contribution >= 4 is 9.84 Å². The van der Waals surface area contributed by atoms with Crippen LogP contribution in [0.5, 0.6) is 0 Å². The maximum absolute atomic E-state index is 13.4. The van der Waals surface area contributed by atoms with Gasteiger partial charge in [-0.15, -0.1) is 0 Å². The maximum atomic E-state index is 13.4. The molecule has 2 nitrogen and oxygen atoms in total. The zero-order chi connectivity index (χ0) is 20.8. The zero-order valence-electron chi connectivity index (χ0n) is 18.8. The van der Waals surface area contributed by atoms with Gasteiger partial charge in [-0.05, 0) is 36.8 Å². The van der Waals surface area contributed by atoms with E-state index in [1.165, 1.54) is 51.4 Å². The largest absolute Gasteiger partial charge is 0.223 e. The number of sulfone groups is 1. The maximum Gasteiger partial charge on any atom is 0.181 e. The molecular formula is C25H44O2S. The van der Waals surface area contributed by atoms with E-state index < -0.39 is 9.84 Å². The molecule has 0 spiro atoms. The van der Waals surface area contributed by atoms with Crippen molar-refractivity contribution in [3.63, 3.8) is 0 Å². The van der Waals surface area contributed by atoms with Crippen LogP contribution in [0.2, 0.25) is 0 Å². The number of hydrogen-bond donors (Lipinski definition) is 0. The Morgan fingerprint density at radius 2 is 1.18 bits per heavy atom. The molecule has 2 atom stereocenters. The molecule has 0 unspecified atom stereocenters. The van der Waals surface area contributed by atoms with E-state index in [4.69, 9.17) is 0 Å². The Morgan fingerprint density at radius 1 is 0.714 bits per heavy atom. The van der Waals surface area contributed by atoms with Crippen LogP contribution in [0.25, 0.3) is 0 Å². The van der Waals surface area contributed by atoms with Crippen LogP contribution >= 0.6 is 0 Å². The summed E-state index contributed by atoms with van der Waals surface area (Å²) in [6.45, 7) is 8.94. The molecule has 3 heteroatoms. The van der Waals surface area contributed by atoms with Crippen molar-refractivity contribution in [1.29, 1.82) is 0 Å². The second-order valence-corrected chi connectivity index (χ2v) is 11.1. The van der Waals surface area contributed by atoms with Crippen LogP contribution in [0.15, 0.2) is 35.2 Å². The monoisotopic (exact) mass is 408 g/mol. The van der Waals surface area contributed by atoms with Gasteiger partial charge in [0.05, 0.1) is 10.1 Å². The number of rotatable bonds is 16. The lowest BCUT2D eigenvalue weighted by atomic mass is 9.92. The van der Waals surface area contributed by atoms with Crippen LogP contribution in [-0.2, 0) is 9.84 Å². The van der Waals surface area contributed by atoms with E-state index in [0.29, 0.717) is 16.7 Å². The fourth-order valence-corrected chi connectivity index (χ4v) is 6.21.